The number of nitrogens with one attached hydrogen (secondary N) is 1. The summed E-state index contributed by atoms with van der Waals surface area (Å²) in [4.78, 5) is 12.5. The zero-order chi connectivity index (χ0) is 14.6. The van der Waals surface area contributed by atoms with E-state index in [1.54, 1.807) is 0 Å². The third-order valence-electron chi connectivity index (χ3n) is 4.38. The SMILES string of the molecule is CCOC(=O)C1(Nc2ccccc2C)CCC(CC)C1. The summed E-state index contributed by atoms with van der Waals surface area (Å²) in [7, 11) is 0. The molecule has 0 bridgehead atoms. The minimum atomic E-state index is -0.539. The van der Waals surface area contributed by atoms with Crippen LogP contribution in [0.3, 0.4) is 0 Å². The summed E-state index contributed by atoms with van der Waals surface area (Å²) >= 11 is 0. The number of anilines is 1. The first-order chi connectivity index (χ1) is 9.61. The third-order valence-corrected chi connectivity index (χ3v) is 4.38. The van der Waals surface area contributed by atoms with Crippen LogP contribution in [0.5, 0.6) is 0 Å². The average Bonchev–Trinajstić information content (AvgIpc) is 2.86. The summed E-state index contributed by atoms with van der Waals surface area (Å²) in [6, 6.07) is 8.12. The standard InChI is InChI=1S/C17H25NO2/c1-4-14-10-11-17(12-14,16(19)20-5-2)18-15-9-7-6-8-13(15)3/h6-9,14,18H,4-5,10-12H2,1-3H3. The molecule has 2 unspecified atom stereocenters. The van der Waals surface area contributed by atoms with Crippen LogP contribution in [0.2, 0.25) is 0 Å². The molecule has 1 aliphatic carbocycles. The summed E-state index contributed by atoms with van der Waals surface area (Å²) in [6.07, 6.45) is 3.94. The van der Waals surface area contributed by atoms with Crippen molar-refractivity contribution in [1.29, 1.82) is 0 Å². The first kappa shape index (κ1) is 14.9. The van der Waals surface area contributed by atoms with Gasteiger partial charge < -0.3 is 10.1 Å². The van der Waals surface area contributed by atoms with Crippen molar-refractivity contribution < 1.29 is 9.53 Å². The molecule has 20 heavy (non-hydrogen) atoms. The van der Waals surface area contributed by atoms with E-state index in [0.29, 0.717) is 12.5 Å². The van der Waals surface area contributed by atoms with E-state index in [4.69, 9.17) is 4.74 Å². The first-order valence-electron chi connectivity index (χ1n) is 7.62. The van der Waals surface area contributed by atoms with E-state index in [-0.39, 0.29) is 5.97 Å². The van der Waals surface area contributed by atoms with Crippen molar-refractivity contribution in [1.82, 2.24) is 0 Å². The Balaban J connectivity index is 2.24. The van der Waals surface area contributed by atoms with Crippen LogP contribution in [-0.4, -0.2) is 18.1 Å². The second kappa shape index (κ2) is 6.29. The zero-order valence-electron chi connectivity index (χ0n) is 12.7. The van der Waals surface area contributed by atoms with Crippen molar-refractivity contribution in [3.05, 3.63) is 29.8 Å². The summed E-state index contributed by atoms with van der Waals surface area (Å²) in [5, 5.41) is 3.50. The monoisotopic (exact) mass is 275 g/mol. The van der Waals surface area contributed by atoms with Crippen LogP contribution in [0.4, 0.5) is 5.69 Å². The summed E-state index contributed by atoms with van der Waals surface area (Å²) in [6.45, 7) is 6.56. The Kier molecular flexibility index (Phi) is 4.69. The largest absolute Gasteiger partial charge is 0.464 e. The van der Waals surface area contributed by atoms with E-state index in [1.807, 2.05) is 25.1 Å². The first-order valence-corrected chi connectivity index (χ1v) is 7.62. The zero-order valence-corrected chi connectivity index (χ0v) is 12.7. The van der Waals surface area contributed by atoms with E-state index in [2.05, 4.69) is 25.2 Å². The van der Waals surface area contributed by atoms with Gasteiger partial charge in [0, 0.05) is 5.69 Å². The summed E-state index contributed by atoms with van der Waals surface area (Å²) < 4.78 is 5.33. The summed E-state index contributed by atoms with van der Waals surface area (Å²) in [5.41, 5.74) is 1.66. The van der Waals surface area contributed by atoms with Gasteiger partial charge in [-0.2, -0.15) is 0 Å². The highest BCUT2D eigenvalue weighted by Crippen LogP contribution is 2.40. The van der Waals surface area contributed by atoms with Crippen molar-refractivity contribution in [2.24, 2.45) is 5.92 Å². The highest BCUT2D eigenvalue weighted by Gasteiger charge is 2.46. The van der Waals surface area contributed by atoms with Crippen LogP contribution in [0.25, 0.3) is 0 Å². The van der Waals surface area contributed by atoms with E-state index in [9.17, 15) is 4.79 Å². The van der Waals surface area contributed by atoms with Gasteiger partial charge in [0.25, 0.3) is 0 Å². The fourth-order valence-corrected chi connectivity index (χ4v) is 3.09. The number of aryl methyl sites for hydroxylation is 1. The Morgan fingerprint density at radius 3 is 2.75 bits per heavy atom. The quantitative estimate of drug-likeness (QED) is 0.828. The molecule has 1 aliphatic rings. The van der Waals surface area contributed by atoms with E-state index in [1.165, 1.54) is 0 Å². The molecule has 0 spiro atoms. The van der Waals surface area contributed by atoms with Crippen LogP contribution in [-0.2, 0) is 9.53 Å². The Labute approximate surface area is 121 Å². The molecule has 0 radical (unpaired) electrons. The number of para-hydroxylation sites is 1. The lowest BCUT2D eigenvalue weighted by atomic mass is 9.94. The lowest BCUT2D eigenvalue weighted by molar-refractivity contribution is -0.148. The highest BCUT2D eigenvalue weighted by atomic mass is 16.5. The molecule has 0 amide bonds. The maximum Gasteiger partial charge on any atom is 0.331 e. The molecule has 0 aromatic heterocycles. The number of esters is 1. The van der Waals surface area contributed by atoms with Crippen LogP contribution in [0, 0.1) is 12.8 Å². The van der Waals surface area contributed by atoms with Gasteiger partial charge in [-0.25, -0.2) is 4.79 Å². The number of carbonyl (C=O) groups is 1. The van der Waals surface area contributed by atoms with Crippen molar-refractivity contribution in [2.45, 2.75) is 52.0 Å². The number of ether oxygens (including phenoxy) is 1. The Bertz CT molecular complexity index is 472. The summed E-state index contributed by atoms with van der Waals surface area (Å²) in [5.74, 6) is 0.509. The molecule has 1 saturated carbocycles. The predicted molar refractivity (Wildman–Crippen MR) is 81.8 cm³/mol. The highest BCUT2D eigenvalue weighted by molar-refractivity contribution is 5.85. The van der Waals surface area contributed by atoms with E-state index in [0.717, 1.165) is 36.9 Å². The van der Waals surface area contributed by atoms with Crippen LogP contribution in [0.15, 0.2) is 24.3 Å². The Morgan fingerprint density at radius 1 is 1.40 bits per heavy atom. The normalized spacial score (nSPS) is 25.4. The van der Waals surface area contributed by atoms with E-state index >= 15 is 0 Å². The maximum absolute atomic E-state index is 12.5. The maximum atomic E-state index is 12.5. The van der Waals surface area contributed by atoms with Gasteiger partial charge in [-0.1, -0.05) is 31.5 Å². The Morgan fingerprint density at radius 2 is 2.15 bits per heavy atom. The number of carbonyl (C=O) groups excluding carboxylic acids is 1. The second-order valence-corrected chi connectivity index (χ2v) is 5.76. The molecular formula is C17H25NO2. The van der Waals surface area contributed by atoms with Gasteiger partial charge in [-0.05, 0) is 50.7 Å². The number of hydrogen-bond acceptors (Lipinski definition) is 3. The molecule has 3 heteroatoms. The molecular weight excluding hydrogens is 250 g/mol. The lowest BCUT2D eigenvalue weighted by Crippen LogP contribution is -2.45. The minimum Gasteiger partial charge on any atom is -0.464 e. The van der Waals surface area contributed by atoms with Gasteiger partial charge >= 0.3 is 5.97 Å². The molecule has 1 aromatic rings. The van der Waals surface area contributed by atoms with Gasteiger partial charge in [-0.3, -0.25) is 0 Å². The van der Waals surface area contributed by atoms with Crippen LogP contribution >= 0.6 is 0 Å². The number of rotatable bonds is 5. The van der Waals surface area contributed by atoms with Crippen molar-refractivity contribution in [3.63, 3.8) is 0 Å². The van der Waals surface area contributed by atoms with Crippen molar-refractivity contribution >= 4 is 11.7 Å². The van der Waals surface area contributed by atoms with E-state index < -0.39 is 5.54 Å². The molecule has 0 heterocycles. The molecule has 1 fully saturated rings. The van der Waals surface area contributed by atoms with Gasteiger partial charge in [0.15, 0.2) is 0 Å². The molecule has 110 valence electrons. The fraction of sp³-hybridized carbons (Fsp3) is 0.588. The predicted octanol–water partition coefficient (Wildman–Crippen LogP) is 3.92. The van der Waals surface area contributed by atoms with Gasteiger partial charge in [-0.15, -0.1) is 0 Å². The van der Waals surface area contributed by atoms with Crippen molar-refractivity contribution in [3.8, 4) is 0 Å². The molecule has 1 N–H and O–H groups in total. The molecule has 3 nitrogen and oxygen atoms in total. The molecule has 1 aromatic carbocycles. The van der Waals surface area contributed by atoms with Crippen LogP contribution < -0.4 is 5.32 Å². The van der Waals surface area contributed by atoms with Gasteiger partial charge in [0.2, 0.25) is 0 Å². The molecule has 0 aliphatic heterocycles. The number of hydrogen-bond donors (Lipinski definition) is 1. The Hall–Kier alpha value is -1.51. The van der Waals surface area contributed by atoms with Crippen LogP contribution in [0.1, 0.15) is 45.1 Å². The molecule has 2 atom stereocenters. The van der Waals surface area contributed by atoms with Crippen molar-refractivity contribution in [2.75, 3.05) is 11.9 Å². The fourth-order valence-electron chi connectivity index (χ4n) is 3.09. The lowest BCUT2D eigenvalue weighted by Gasteiger charge is -2.30. The third kappa shape index (κ3) is 2.97. The topological polar surface area (TPSA) is 38.3 Å². The molecule has 0 saturated heterocycles. The van der Waals surface area contributed by atoms with Gasteiger partial charge in [0.05, 0.1) is 6.61 Å². The second-order valence-electron chi connectivity index (χ2n) is 5.76. The minimum absolute atomic E-state index is 0.0980. The smallest absolute Gasteiger partial charge is 0.331 e. The van der Waals surface area contributed by atoms with Gasteiger partial charge in [0.1, 0.15) is 5.54 Å². The molecule has 2 rings (SSSR count). The number of benzene rings is 1. The average molecular weight is 275 g/mol.